The van der Waals surface area contributed by atoms with Crippen molar-refractivity contribution in [3.05, 3.63) is 119 Å². The molecule has 0 heterocycles. The van der Waals surface area contributed by atoms with Crippen LogP contribution in [0.3, 0.4) is 0 Å². The van der Waals surface area contributed by atoms with E-state index in [1.54, 1.807) is 60.7 Å². The van der Waals surface area contributed by atoms with E-state index in [-0.39, 0.29) is 0 Å². The van der Waals surface area contributed by atoms with Gasteiger partial charge in [-0.3, -0.25) is 14.4 Å². The maximum Gasteiger partial charge on any atom is 0.255 e. The lowest BCUT2D eigenvalue weighted by Gasteiger charge is -2.18. The van der Waals surface area contributed by atoms with E-state index in [0.717, 1.165) is 0 Å². The summed E-state index contributed by atoms with van der Waals surface area (Å²) in [5.41, 5.74) is 8.78. The van der Waals surface area contributed by atoms with Gasteiger partial charge in [0.1, 0.15) is 5.92 Å². The predicted molar refractivity (Wildman–Crippen MR) is 148 cm³/mol. The number of nitrogen functional groups attached to an aromatic ring is 1. The highest BCUT2D eigenvalue weighted by atomic mass is 16.2. The molecule has 0 spiro atoms. The van der Waals surface area contributed by atoms with Gasteiger partial charge in [0, 0.05) is 16.9 Å². The minimum Gasteiger partial charge on any atom is -0.397 e. The molecule has 4 aromatic carbocycles. The third kappa shape index (κ3) is 6.45. The maximum atomic E-state index is 13.4. The van der Waals surface area contributed by atoms with E-state index in [4.69, 9.17) is 16.3 Å². The van der Waals surface area contributed by atoms with Crippen LogP contribution in [0.2, 0.25) is 0 Å². The van der Waals surface area contributed by atoms with Gasteiger partial charge >= 0.3 is 0 Å². The van der Waals surface area contributed by atoms with Gasteiger partial charge in [-0.2, -0.15) is 10.5 Å². The van der Waals surface area contributed by atoms with Crippen molar-refractivity contribution in [1.82, 2.24) is 0 Å². The van der Waals surface area contributed by atoms with E-state index < -0.39 is 23.6 Å². The van der Waals surface area contributed by atoms with Gasteiger partial charge in [0.25, 0.3) is 5.91 Å². The molecule has 0 saturated carbocycles. The highest BCUT2D eigenvalue weighted by molar-refractivity contribution is 6.15. The number of para-hydroxylation sites is 2. The van der Waals surface area contributed by atoms with Crippen LogP contribution in [-0.2, 0) is 9.59 Å². The Balaban J connectivity index is 1.61. The Morgan fingerprint density at radius 1 is 0.667 bits per heavy atom. The number of benzene rings is 4. The topological polar surface area (TPSA) is 161 Å². The number of hydrogen-bond acceptors (Lipinski definition) is 6. The lowest BCUT2D eigenvalue weighted by molar-refractivity contribution is -0.125. The smallest absolute Gasteiger partial charge is 0.255 e. The molecule has 0 fully saturated rings. The maximum absolute atomic E-state index is 13.4. The summed E-state index contributed by atoms with van der Waals surface area (Å²) in [6.07, 6.45) is 0. The molecule has 0 bridgehead atoms. The normalized spacial score (nSPS) is 10.1. The Kier molecular flexibility index (Phi) is 7.96. The van der Waals surface area contributed by atoms with Crippen LogP contribution in [0.4, 0.5) is 22.7 Å². The standard InChI is InChI=1S/C30H22N6O3/c31-17-19-5-3-7-23(15-19)34-29(38)27(30(39)35-24-8-4-6-20(16-24)18-32)21-11-13-22(14-12-21)28(37)36-26-10-2-1-9-25(26)33/h1-16,27H,33H2,(H,34,38)(H,35,39)(H,36,37). The van der Waals surface area contributed by atoms with Crippen molar-refractivity contribution in [1.29, 1.82) is 10.5 Å². The molecule has 0 aliphatic rings. The largest absolute Gasteiger partial charge is 0.397 e. The van der Waals surface area contributed by atoms with Crippen molar-refractivity contribution in [2.45, 2.75) is 5.92 Å². The number of amides is 3. The van der Waals surface area contributed by atoms with Gasteiger partial charge in [0.05, 0.1) is 34.6 Å². The van der Waals surface area contributed by atoms with Crippen molar-refractivity contribution in [2.75, 3.05) is 21.7 Å². The summed E-state index contributed by atoms with van der Waals surface area (Å²) in [6, 6.07) is 29.5. The Bertz CT molecular complexity index is 1560. The minimum atomic E-state index is -1.32. The van der Waals surface area contributed by atoms with Crippen molar-refractivity contribution in [2.24, 2.45) is 0 Å². The van der Waals surface area contributed by atoms with E-state index in [1.165, 1.54) is 36.4 Å². The monoisotopic (exact) mass is 514 g/mol. The summed E-state index contributed by atoms with van der Waals surface area (Å²) in [7, 11) is 0. The number of anilines is 4. The summed E-state index contributed by atoms with van der Waals surface area (Å²) in [5, 5.41) is 26.4. The zero-order chi connectivity index (χ0) is 27.8. The fourth-order valence-electron chi connectivity index (χ4n) is 3.82. The summed E-state index contributed by atoms with van der Waals surface area (Å²) in [5.74, 6) is -3.02. The Morgan fingerprint density at radius 2 is 1.21 bits per heavy atom. The van der Waals surface area contributed by atoms with E-state index >= 15 is 0 Å². The highest BCUT2D eigenvalue weighted by Crippen LogP contribution is 2.24. The Hall–Kier alpha value is -5.93. The molecule has 9 nitrogen and oxygen atoms in total. The number of carbonyl (C=O) groups excluding carboxylic acids is 3. The summed E-state index contributed by atoms with van der Waals surface area (Å²) in [4.78, 5) is 39.5. The summed E-state index contributed by atoms with van der Waals surface area (Å²) < 4.78 is 0. The summed E-state index contributed by atoms with van der Waals surface area (Å²) >= 11 is 0. The molecule has 0 radical (unpaired) electrons. The molecule has 0 aliphatic carbocycles. The number of hydrogen-bond donors (Lipinski definition) is 4. The predicted octanol–water partition coefficient (Wildman–Crippen LogP) is 4.63. The van der Waals surface area contributed by atoms with Crippen LogP contribution >= 0.6 is 0 Å². The molecular formula is C30H22N6O3. The van der Waals surface area contributed by atoms with Crippen LogP contribution < -0.4 is 21.7 Å². The third-order valence-electron chi connectivity index (χ3n) is 5.76. The second kappa shape index (κ2) is 11.9. The van der Waals surface area contributed by atoms with Crippen LogP contribution in [-0.4, -0.2) is 17.7 Å². The molecule has 0 saturated heterocycles. The number of nitriles is 2. The number of carbonyl (C=O) groups is 3. The first-order chi connectivity index (χ1) is 18.9. The van der Waals surface area contributed by atoms with Gasteiger partial charge in [-0.05, 0) is 66.2 Å². The van der Waals surface area contributed by atoms with Gasteiger partial charge in [-0.1, -0.05) is 36.4 Å². The second-order valence-electron chi connectivity index (χ2n) is 8.46. The fourth-order valence-corrected chi connectivity index (χ4v) is 3.82. The van der Waals surface area contributed by atoms with Gasteiger partial charge in [-0.15, -0.1) is 0 Å². The molecule has 5 N–H and O–H groups in total. The van der Waals surface area contributed by atoms with Crippen LogP contribution in [0.1, 0.15) is 33.0 Å². The van der Waals surface area contributed by atoms with Crippen LogP contribution in [0.5, 0.6) is 0 Å². The van der Waals surface area contributed by atoms with Crippen LogP contribution in [0.25, 0.3) is 0 Å². The van der Waals surface area contributed by atoms with E-state index in [9.17, 15) is 14.4 Å². The van der Waals surface area contributed by atoms with E-state index in [1.807, 2.05) is 12.1 Å². The molecule has 0 aromatic heterocycles. The molecule has 4 rings (SSSR count). The lowest BCUT2D eigenvalue weighted by Crippen LogP contribution is -2.32. The molecule has 0 atom stereocenters. The highest BCUT2D eigenvalue weighted by Gasteiger charge is 2.29. The van der Waals surface area contributed by atoms with Crippen molar-refractivity contribution in [3.8, 4) is 12.1 Å². The Labute approximate surface area is 224 Å². The first kappa shape index (κ1) is 26.1. The Morgan fingerprint density at radius 3 is 1.72 bits per heavy atom. The lowest BCUT2D eigenvalue weighted by atomic mass is 9.95. The summed E-state index contributed by atoms with van der Waals surface area (Å²) in [6.45, 7) is 0. The van der Waals surface area contributed by atoms with Gasteiger partial charge in [-0.25, -0.2) is 0 Å². The second-order valence-corrected chi connectivity index (χ2v) is 8.46. The van der Waals surface area contributed by atoms with Gasteiger partial charge < -0.3 is 21.7 Å². The molecule has 9 heteroatoms. The number of nitrogens with two attached hydrogens (primary N) is 1. The van der Waals surface area contributed by atoms with Crippen molar-refractivity contribution >= 4 is 40.5 Å². The molecular weight excluding hydrogens is 492 g/mol. The molecule has 39 heavy (non-hydrogen) atoms. The quantitative estimate of drug-likeness (QED) is 0.208. The van der Waals surface area contributed by atoms with Gasteiger partial charge in [0.15, 0.2) is 0 Å². The number of nitrogens with one attached hydrogen (secondary N) is 3. The molecule has 3 amide bonds. The average Bonchev–Trinajstić information content (AvgIpc) is 2.95. The zero-order valence-electron chi connectivity index (χ0n) is 20.5. The zero-order valence-corrected chi connectivity index (χ0v) is 20.5. The van der Waals surface area contributed by atoms with Crippen LogP contribution in [0.15, 0.2) is 97.1 Å². The molecule has 190 valence electrons. The molecule has 4 aromatic rings. The molecule has 0 aliphatic heterocycles. The number of rotatable bonds is 7. The minimum absolute atomic E-state index is 0.296. The first-order valence-corrected chi connectivity index (χ1v) is 11.8. The average molecular weight is 515 g/mol. The SMILES string of the molecule is N#Cc1cccc(NC(=O)C(C(=O)Nc2cccc(C#N)c2)c2ccc(C(=O)Nc3ccccc3N)cc2)c1. The van der Waals surface area contributed by atoms with Crippen molar-refractivity contribution < 1.29 is 14.4 Å². The van der Waals surface area contributed by atoms with Gasteiger partial charge in [0.2, 0.25) is 11.8 Å². The molecule has 0 unspecified atom stereocenters. The van der Waals surface area contributed by atoms with E-state index in [2.05, 4.69) is 16.0 Å². The van der Waals surface area contributed by atoms with Crippen LogP contribution in [0, 0.1) is 22.7 Å². The number of nitrogens with zero attached hydrogens (tertiary/aromatic N) is 2. The van der Waals surface area contributed by atoms with Crippen molar-refractivity contribution in [3.63, 3.8) is 0 Å². The third-order valence-corrected chi connectivity index (χ3v) is 5.76. The fraction of sp³-hybridized carbons (Fsp3) is 0.0333. The van der Waals surface area contributed by atoms with E-state index in [0.29, 0.717) is 45.0 Å². The first-order valence-electron chi connectivity index (χ1n) is 11.8.